The highest BCUT2D eigenvalue weighted by Gasteiger charge is 2.43. The maximum absolute atomic E-state index is 6.68. The number of allylic oxidation sites excluding steroid dienone is 1. The van der Waals surface area contributed by atoms with Gasteiger partial charge in [-0.3, -0.25) is 0 Å². The Hall–Kier alpha value is -2.46. The van der Waals surface area contributed by atoms with E-state index >= 15 is 0 Å². The van der Waals surface area contributed by atoms with Crippen LogP contribution in [0.3, 0.4) is 0 Å². The molecule has 1 saturated carbocycles. The minimum atomic E-state index is -0.0870. The van der Waals surface area contributed by atoms with Crippen molar-refractivity contribution in [3.05, 3.63) is 64.7 Å². The number of nitrogens with zero attached hydrogens (tertiary/aromatic N) is 1. The average Bonchev–Trinajstić information content (AvgIpc) is 3.67. The highest BCUT2D eigenvalue weighted by molar-refractivity contribution is 5.70. The molecule has 4 heteroatoms. The SMILES string of the molecule is CCN(CC)C(=C1CC1)c1ccc(C2CC3(CCNCC3)Oc3cccc(OC)c32)cc1. The van der Waals surface area contributed by atoms with Crippen LogP contribution in [0.15, 0.2) is 48.0 Å². The molecular weight excluding hydrogens is 396 g/mol. The van der Waals surface area contributed by atoms with Crippen LogP contribution in [0.1, 0.15) is 68.6 Å². The minimum absolute atomic E-state index is 0.0870. The third-order valence-electron chi connectivity index (χ3n) is 7.51. The van der Waals surface area contributed by atoms with Gasteiger partial charge in [0.1, 0.15) is 17.1 Å². The summed E-state index contributed by atoms with van der Waals surface area (Å²) in [5.74, 6) is 2.22. The van der Waals surface area contributed by atoms with E-state index in [0.29, 0.717) is 0 Å². The molecule has 0 amide bonds. The smallest absolute Gasteiger partial charge is 0.127 e. The van der Waals surface area contributed by atoms with E-state index in [1.807, 2.05) is 0 Å². The van der Waals surface area contributed by atoms with Crippen LogP contribution < -0.4 is 14.8 Å². The molecule has 1 N–H and O–H groups in total. The number of rotatable bonds is 6. The molecule has 2 aromatic rings. The molecule has 2 fully saturated rings. The zero-order valence-electron chi connectivity index (χ0n) is 19.7. The Labute approximate surface area is 192 Å². The zero-order chi connectivity index (χ0) is 22.1. The summed E-state index contributed by atoms with van der Waals surface area (Å²) in [4.78, 5) is 2.51. The highest BCUT2D eigenvalue weighted by Crippen LogP contribution is 2.50. The molecule has 1 saturated heterocycles. The van der Waals surface area contributed by atoms with E-state index in [4.69, 9.17) is 9.47 Å². The number of piperidine rings is 1. The van der Waals surface area contributed by atoms with E-state index < -0.39 is 0 Å². The lowest BCUT2D eigenvalue weighted by Gasteiger charge is -2.45. The van der Waals surface area contributed by atoms with Crippen LogP contribution in [0.5, 0.6) is 11.5 Å². The standard InChI is InChI=1S/C28H36N2O2/c1-4-30(5-2)27(22-13-14-22)21-11-9-20(10-12-21)23-19-28(15-17-29-18-16-28)32-25-8-6-7-24(31-3)26(23)25/h6-12,23,29H,4-5,13-19H2,1-3H3. The first-order valence-corrected chi connectivity index (χ1v) is 12.3. The lowest BCUT2D eigenvalue weighted by Crippen LogP contribution is -2.49. The largest absolute Gasteiger partial charge is 0.496 e. The summed E-state index contributed by atoms with van der Waals surface area (Å²) in [6.07, 6.45) is 5.60. The number of benzene rings is 2. The Kier molecular flexibility index (Phi) is 5.90. The van der Waals surface area contributed by atoms with Crippen molar-refractivity contribution in [3.8, 4) is 11.5 Å². The third kappa shape index (κ3) is 3.90. The molecule has 4 nitrogen and oxygen atoms in total. The fourth-order valence-corrected chi connectivity index (χ4v) is 5.68. The van der Waals surface area contributed by atoms with E-state index in [2.05, 4.69) is 66.5 Å². The van der Waals surface area contributed by atoms with Crippen molar-refractivity contribution in [2.45, 2.75) is 57.5 Å². The van der Waals surface area contributed by atoms with Gasteiger partial charge >= 0.3 is 0 Å². The van der Waals surface area contributed by atoms with Crippen molar-refractivity contribution in [1.82, 2.24) is 10.2 Å². The molecule has 2 heterocycles. The van der Waals surface area contributed by atoms with Crippen LogP contribution in [0.4, 0.5) is 0 Å². The van der Waals surface area contributed by atoms with Crippen LogP contribution in [-0.2, 0) is 0 Å². The third-order valence-corrected chi connectivity index (χ3v) is 7.51. The van der Waals surface area contributed by atoms with Gasteiger partial charge in [-0.05, 0) is 87.9 Å². The molecule has 3 aliphatic rings. The number of methoxy groups -OCH3 is 1. The van der Waals surface area contributed by atoms with Gasteiger partial charge in [-0.1, -0.05) is 30.3 Å². The second-order valence-corrected chi connectivity index (χ2v) is 9.41. The Morgan fingerprint density at radius 1 is 1.06 bits per heavy atom. The maximum Gasteiger partial charge on any atom is 0.127 e. The summed E-state index contributed by atoms with van der Waals surface area (Å²) in [6, 6.07) is 15.6. The van der Waals surface area contributed by atoms with Gasteiger partial charge in [0.25, 0.3) is 0 Å². The lowest BCUT2D eigenvalue weighted by molar-refractivity contribution is 0.0107. The quantitative estimate of drug-likeness (QED) is 0.646. The fraction of sp³-hybridized carbons (Fsp3) is 0.500. The molecule has 1 atom stereocenters. The van der Waals surface area contributed by atoms with Crippen LogP contribution >= 0.6 is 0 Å². The highest BCUT2D eigenvalue weighted by atomic mass is 16.5. The van der Waals surface area contributed by atoms with Gasteiger partial charge in [-0.25, -0.2) is 0 Å². The van der Waals surface area contributed by atoms with Crippen molar-refractivity contribution in [2.24, 2.45) is 0 Å². The first-order valence-electron chi connectivity index (χ1n) is 12.3. The van der Waals surface area contributed by atoms with E-state index in [1.54, 1.807) is 12.7 Å². The van der Waals surface area contributed by atoms with Crippen LogP contribution in [-0.4, -0.2) is 43.8 Å². The molecule has 1 aliphatic carbocycles. The molecule has 0 radical (unpaired) electrons. The first-order chi connectivity index (χ1) is 15.7. The van der Waals surface area contributed by atoms with Gasteiger partial charge < -0.3 is 19.7 Å². The first kappa shape index (κ1) is 21.4. The molecule has 5 rings (SSSR count). The van der Waals surface area contributed by atoms with Gasteiger partial charge in [-0.2, -0.15) is 0 Å². The second-order valence-electron chi connectivity index (χ2n) is 9.41. The monoisotopic (exact) mass is 432 g/mol. The number of hydrogen-bond donors (Lipinski definition) is 1. The summed E-state index contributed by atoms with van der Waals surface area (Å²) in [6.45, 7) is 8.66. The number of ether oxygens (including phenoxy) is 2. The van der Waals surface area contributed by atoms with Crippen molar-refractivity contribution < 1.29 is 9.47 Å². The molecule has 2 aromatic carbocycles. The predicted octanol–water partition coefficient (Wildman–Crippen LogP) is 5.58. The van der Waals surface area contributed by atoms with Crippen molar-refractivity contribution in [2.75, 3.05) is 33.3 Å². The van der Waals surface area contributed by atoms with Crippen LogP contribution in [0.25, 0.3) is 5.70 Å². The lowest BCUT2D eigenvalue weighted by atomic mass is 9.74. The van der Waals surface area contributed by atoms with Gasteiger partial charge in [0, 0.05) is 30.3 Å². The van der Waals surface area contributed by atoms with E-state index in [1.165, 1.54) is 35.2 Å². The Balaban J connectivity index is 1.53. The van der Waals surface area contributed by atoms with E-state index in [9.17, 15) is 0 Å². The Morgan fingerprint density at radius 2 is 1.78 bits per heavy atom. The average molecular weight is 433 g/mol. The topological polar surface area (TPSA) is 33.7 Å². The molecule has 0 aromatic heterocycles. The number of fused-ring (bicyclic) bond motifs is 1. The predicted molar refractivity (Wildman–Crippen MR) is 130 cm³/mol. The summed E-state index contributed by atoms with van der Waals surface area (Å²) in [5, 5.41) is 3.50. The molecule has 0 bridgehead atoms. The van der Waals surface area contributed by atoms with Crippen LogP contribution in [0.2, 0.25) is 0 Å². The summed E-state index contributed by atoms with van der Waals surface area (Å²) in [7, 11) is 1.77. The molecule has 1 unspecified atom stereocenters. The molecule has 2 aliphatic heterocycles. The number of hydrogen-bond acceptors (Lipinski definition) is 4. The van der Waals surface area contributed by atoms with E-state index in [0.717, 1.165) is 56.9 Å². The van der Waals surface area contributed by atoms with Crippen LogP contribution in [0, 0.1) is 0 Å². The summed E-state index contributed by atoms with van der Waals surface area (Å²) in [5.41, 5.74) is 6.90. The van der Waals surface area contributed by atoms with Gasteiger partial charge in [0.15, 0.2) is 0 Å². The number of nitrogens with one attached hydrogen (secondary N) is 1. The van der Waals surface area contributed by atoms with Gasteiger partial charge in [0.2, 0.25) is 0 Å². The van der Waals surface area contributed by atoms with Crippen molar-refractivity contribution >= 4 is 5.70 Å². The second kappa shape index (κ2) is 8.82. The zero-order valence-corrected chi connectivity index (χ0v) is 19.7. The Morgan fingerprint density at radius 3 is 2.41 bits per heavy atom. The molecule has 170 valence electrons. The van der Waals surface area contributed by atoms with Crippen molar-refractivity contribution in [1.29, 1.82) is 0 Å². The summed E-state index contributed by atoms with van der Waals surface area (Å²) >= 11 is 0. The molecule has 32 heavy (non-hydrogen) atoms. The van der Waals surface area contributed by atoms with E-state index in [-0.39, 0.29) is 11.5 Å². The molecule has 1 spiro atoms. The fourth-order valence-electron chi connectivity index (χ4n) is 5.68. The van der Waals surface area contributed by atoms with Gasteiger partial charge in [-0.15, -0.1) is 0 Å². The van der Waals surface area contributed by atoms with Gasteiger partial charge in [0.05, 0.1) is 7.11 Å². The molecular formula is C28H36N2O2. The Bertz CT molecular complexity index is 979. The summed E-state index contributed by atoms with van der Waals surface area (Å²) < 4.78 is 12.5. The normalized spacial score (nSPS) is 21.0. The maximum atomic E-state index is 6.68. The van der Waals surface area contributed by atoms with Crippen molar-refractivity contribution in [3.63, 3.8) is 0 Å². The minimum Gasteiger partial charge on any atom is -0.496 e.